The SMILES string of the molecule is CC[C@H](NC(=O)[C@@H]1CCc2ncc(N)c(=O)n21)B1O[C@@H]2C[C@@H]3C[C@@H](C3(C)C)[C@]2(C)O1. The third-order valence-electron chi connectivity index (χ3n) is 8.42. The molecule has 0 spiro atoms. The van der Waals surface area contributed by atoms with Crippen LogP contribution in [0.3, 0.4) is 0 Å². The molecule has 1 aromatic rings. The van der Waals surface area contributed by atoms with E-state index in [2.05, 4.69) is 31.1 Å². The van der Waals surface area contributed by atoms with Gasteiger partial charge in [0.2, 0.25) is 5.91 Å². The molecule has 6 atom stereocenters. The topological polar surface area (TPSA) is 108 Å². The molecule has 1 saturated heterocycles. The smallest absolute Gasteiger partial charge is 0.404 e. The zero-order valence-corrected chi connectivity index (χ0v) is 18.2. The minimum absolute atomic E-state index is 0.0616. The second kappa shape index (κ2) is 6.56. The highest BCUT2D eigenvalue weighted by molar-refractivity contribution is 6.47. The van der Waals surface area contributed by atoms with Gasteiger partial charge < -0.3 is 20.4 Å². The number of fused-ring (bicyclic) bond motifs is 1. The maximum Gasteiger partial charge on any atom is 0.481 e. The maximum absolute atomic E-state index is 13.1. The fourth-order valence-corrected chi connectivity index (χ4v) is 6.38. The van der Waals surface area contributed by atoms with E-state index in [-0.39, 0.29) is 40.2 Å². The number of hydrogen-bond acceptors (Lipinski definition) is 6. The summed E-state index contributed by atoms with van der Waals surface area (Å²) < 4.78 is 14.3. The Morgan fingerprint density at radius 2 is 2.20 bits per heavy atom. The lowest BCUT2D eigenvalue weighted by Gasteiger charge is -2.64. The molecule has 0 unspecified atom stereocenters. The van der Waals surface area contributed by atoms with E-state index in [0.717, 1.165) is 6.42 Å². The molecule has 2 aliphatic heterocycles. The first kappa shape index (κ1) is 20.1. The Morgan fingerprint density at radius 1 is 1.43 bits per heavy atom. The highest BCUT2D eigenvalue weighted by Gasteiger charge is 2.68. The van der Waals surface area contributed by atoms with Gasteiger partial charge in [-0.1, -0.05) is 20.8 Å². The molecule has 9 heteroatoms. The first-order valence-electron chi connectivity index (χ1n) is 11.2. The molecule has 2 bridgehead atoms. The van der Waals surface area contributed by atoms with Crippen molar-refractivity contribution in [1.82, 2.24) is 14.9 Å². The van der Waals surface area contributed by atoms with Gasteiger partial charge in [-0.15, -0.1) is 0 Å². The lowest BCUT2D eigenvalue weighted by Crippen LogP contribution is -2.65. The predicted molar refractivity (Wildman–Crippen MR) is 113 cm³/mol. The number of nitrogen functional groups attached to an aromatic ring is 1. The Morgan fingerprint density at radius 3 is 2.90 bits per heavy atom. The van der Waals surface area contributed by atoms with E-state index in [1.54, 1.807) is 0 Å². The molecule has 8 nitrogen and oxygen atoms in total. The standard InChI is InChI=1S/C21H31BN4O4/c1-5-16(22-29-15-9-11-8-14(20(11,2)3)21(15,4)30-22)25-18(27)13-6-7-17-24-10-12(23)19(28)26(13)17/h10-11,13-16H,5-9,23H2,1-4H3,(H,25,27)/t11-,13-,14-,15+,16-,21-/m0/s1. The van der Waals surface area contributed by atoms with Crippen LogP contribution in [0.4, 0.5) is 5.69 Å². The van der Waals surface area contributed by atoms with Crippen molar-refractivity contribution in [2.75, 3.05) is 5.73 Å². The second-order valence-electron chi connectivity index (χ2n) is 10.2. The van der Waals surface area contributed by atoms with Crippen LogP contribution in [-0.4, -0.2) is 40.2 Å². The van der Waals surface area contributed by atoms with Crippen molar-refractivity contribution >= 4 is 18.7 Å². The van der Waals surface area contributed by atoms with Crippen molar-refractivity contribution in [1.29, 1.82) is 0 Å². The van der Waals surface area contributed by atoms with Gasteiger partial charge in [0, 0.05) is 6.42 Å². The van der Waals surface area contributed by atoms with Gasteiger partial charge in [-0.2, -0.15) is 0 Å². The molecule has 3 aliphatic carbocycles. The van der Waals surface area contributed by atoms with E-state index in [1.165, 1.54) is 17.2 Å². The fourth-order valence-electron chi connectivity index (χ4n) is 6.38. The van der Waals surface area contributed by atoms with Gasteiger partial charge in [0.25, 0.3) is 5.56 Å². The predicted octanol–water partition coefficient (Wildman–Crippen LogP) is 1.48. The van der Waals surface area contributed by atoms with Gasteiger partial charge in [-0.25, -0.2) is 4.98 Å². The van der Waals surface area contributed by atoms with E-state index in [0.29, 0.717) is 36.9 Å². The van der Waals surface area contributed by atoms with E-state index < -0.39 is 13.2 Å². The molecule has 5 aliphatic rings. The Hall–Kier alpha value is -1.87. The number of nitrogens with two attached hydrogens (primary N) is 1. The van der Waals surface area contributed by atoms with Crippen molar-refractivity contribution in [3.05, 3.63) is 22.4 Å². The summed E-state index contributed by atoms with van der Waals surface area (Å²) >= 11 is 0. The molecular weight excluding hydrogens is 383 g/mol. The molecule has 1 amide bonds. The minimum atomic E-state index is -0.594. The number of hydrogen-bond donors (Lipinski definition) is 2. The van der Waals surface area contributed by atoms with Crippen molar-refractivity contribution in [2.24, 2.45) is 17.3 Å². The number of carbonyl (C=O) groups excluding carboxylic acids is 1. The lowest BCUT2D eigenvalue weighted by molar-refractivity contribution is -0.199. The number of amides is 1. The van der Waals surface area contributed by atoms with E-state index in [4.69, 9.17) is 15.0 Å². The van der Waals surface area contributed by atoms with E-state index in [9.17, 15) is 9.59 Å². The highest BCUT2D eigenvalue weighted by Crippen LogP contribution is 2.65. The van der Waals surface area contributed by atoms with Crippen LogP contribution in [0.2, 0.25) is 0 Å². The fraction of sp³-hybridized carbons (Fsp3) is 0.762. The molecule has 0 aromatic carbocycles. The average Bonchev–Trinajstić information content (AvgIpc) is 3.29. The molecule has 3 N–H and O–H groups in total. The van der Waals surface area contributed by atoms with E-state index in [1.807, 2.05) is 6.92 Å². The van der Waals surface area contributed by atoms with Crippen molar-refractivity contribution in [3.8, 4) is 0 Å². The molecule has 4 fully saturated rings. The van der Waals surface area contributed by atoms with Gasteiger partial charge >= 0.3 is 7.12 Å². The van der Waals surface area contributed by atoms with Gasteiger partial charge in [0.15, 0.2) is 0 Å². The van der Waals surface area contributed by atoms with Crippen LogP contribution >= 0.6 is 0 Å². The van der Waals surface area contributed by atoms with Crippen LogP contribution in [0.25, 0.3) is 0 Å². The van der Waals surface area contributed by atoms with Crippen molar-refractivity contribution in [2.45, 2.75) is 83.5 Å². The molecule has 162 valence electrons. The monoisotopic (exact) mass is 414 g/mol. The number of nitrogens with one attached hydrogen (secondary N) is 1. The molecule has 3 heterocycles. The third kappa shape index (κ3) is 2.64. The van der Waals surface area contributed by atoms with E-state index >= 15 is 0 Å². The van der Waals surface area contributed by atoms with Crippen LogP contribution in [0.1, 0.15) is 65.2 Å². The Bertz CT molecular complexity index is 949. The molecule has 0 radical (unpaired) electrons. The number of aryl methyl sites for hydroxylation is 1. The first-order chi connectivity index (χ1) is 14.2. The number of nitrogens with zero attached hydrogens (tertiary/aromatic N) is 2. The second-order valence-corrected chi connectivity index (χ2v) is 10.2. The summed E-state index contributed by atoms with van der Waals surface area (Å²) in [5.74, 6) is 1.29. The van der Waals surface area contributed by atoms with Crippen LogP contribution in [0.15, 0.2) is 11.0 Å². The van der Waals surface area contributed by atoms with Crippen LogP contribution < -0.4 is 16.6 Å². The average molecular weight is 414 g/mol. The van der Waals surface area contributed by atoms with Gasteiger partial charge in [-0.3, -0.25) is 14.2 Å². The zero-order valence-electron chi connectivity index (χ0n) is 18.2. The summed E-state index contributed by atoms with van der Waals surface area (Å²) in [4.78, 5) is 29.8. The molecule has 30 heavy (non-hydrogen) atoms. The summed E-state index contributed by atoms with van der Waals surface area (Å²) in [5.41, 5.74) is 5.41. The maximum atomic E-state index is 13.1. The molecule has 3 saturated carbocycles. The van der Waals surface area contributed by atoms with Crippen molar-refractivity contribution < 1.29 is 14.1 Å². The highest BCUT2D eigenvalue weighted by atomic mass is 16.7. The molecule has 1 aromatic heterocycles. The lowest BCUT2D eigenvalue weighted by atomic mass is 9.43. The van der Waals surface area contributed by atoms with Gasteiger partial charge in [0.1, 0.15) is 17.6 Å². The first-order valence-corrected chi connectivity index (χ1v) is 11.2. The number of rotatable bonds is 4. The third-order valence-corrected chi connectivity index (χ3v) is 8.42. The Balaban J connectivity index is 1.32. The van der Waals surface area contributed by atoms with Crippen LogP contribution in [0.5, 0.6) is 0 Å². The summed E-state index contributed by atoms with van der Waals surface area (Å²) in [7, 11) is -0.472. The quantitative estimate of drug-likeness (QED) is 0.723. The molecule has 6 rings (SSSR count). The minimum Gasteiger partial charge on any atom is -0.404 e. The summed E-state index contributed by atoms with van der Waals surface area (Å²) in [6, 6.07) is -0.594. The number of aromatic nitrogens is 2. The summed E-state index contributed by atoms with van der Waals surface area (Å²) in [6.45, 7) is 8.85. The number of carbonyl (C=O) groups is 1. The van der Waals surface area contributed by atoms with Crippen LogP contribution in [-0.2, 0) is 20.5 Å². The van der Waals surface area contributed by atoms with Gasteiger partial charge in [-0.05, 0) is 49.9 Å². The van der Waals surface area contributed by atoms with Gasteiger partial charge in [0.05, 0.1) is 23.8 Å². The Labute approximate surface area is 177 Å². The number of anilines is 1. The zero-order chi connectivity index (χ0) is 21.4. The summed E-state index contributed by atoms with van der Waals surface area (Å²) in [6.07, 6.45) is 5.45. The molecular formula is C21H31BN4O4. The largest absolute Gasteiger partial charge is 0.481 e. The summed E-state index contributed by atoms with van der Waals surface area (Å²) in [5, 5.41) is 3.10. The van der Waals surface area contributed by atoms with Crippen molar-refractivity contribution in [3.63, 3.8) is 0 Å². The van der Waals surface area contributed by atoms with Crippen LogP contribution in [0, 0.1) is 17.3 Å². The Kier molecular flexibility index (Phi) is 4.39. The normalized spacial score (nSPS) is 36.6.